The topological polar surface area (TPSA) is 58.6 Å². The highest BCUT2D eigenvalue weighted by molar-refractivity contribution is 6.07. The van der Waals surface area contributed by atoms with Gasteiger partial charge in [0, 0.05) is 5.56 Å². The first-order chi connectivity index (χ1) is 7.16. The van der Waals surface area contributed by atoms with Gasteiger partial charge in [-0.1, -0.05) is 17.2 Å². The standard InChI is InChI=1S/C11H11N3O/c1-7-3-8(2)5-9(4-7)11(15)10-6-12-14-13-10/h3-6H,1-2H3,(H,12,13,14). The number of carbonyl (C=O) groups excluding carboxylic acids is 1. The van der Waals surface area contributed by atoms with E-state index in [2.05, 4.69) is 15.4 Å². The summed E-state index contributed by atoms with van der Waals surface area (Å²) in [7, 11) is 0. The second-order valence-electron chi connectivity index (χ2n) is 3.56. The van der Waals surface area contributed by atoms with Crippen molar-refractivity contribution in [2.24, 2.45) is 0 Å². The quantitative estimate of drug-likeness (QED) is 0.751. The molecule has 15 heavy (non-hydrogen) atoms. The van der Waals surface area contributed by atoms with Crippen LogP contribution in [0.25, 0.3) is 0 Å². The van der Waals surface area contributed by atoms with Crippen molar-refractivity contribution in [1.82, 2.24) is 15.4 Å². The summed E-state index contributed by atoms with van der Waals surface area (Å²) in [5, 5.41) is 9.81. The van der Waals surface area contributed by atoms with E-state index in [-0.39, 0.29) is 5.78 Å². The van der Waals surface area contributed by atoms with E-state index in [1.54, 1.807) is 0 Å². The zero-order valence-electron chi connectivity index (χ0n) is 8.61. The number of nitrogens with zero attached hydrogens (tertiary/aromatic N) is 2. The fraction of sp³-hybridized carbons (Fsp3) is 0.182. The molecule has 1 heterocycles. The van der Waals surface area contributed by atoms with Gasteiger partial charge in [0.2, 0.25) is 5.78 Å². The molecule has 0 saturated heterocycles. The van der Waals surface area contributed by atoms with Gasteiger partial charge in [-0.15, -0.1) is 0 Å². The van der Waals surface area contributed by atoms with Crippen LogP contribution in [0.3, 0.4) is 0 Å². The van der Waals surface area contributed by atoms with Crippen LogP contribution >= 0.6 is 0 Å². The lowest BCUT2D eigenvalue weighted by Gasteiger charge is -2.01. The van der Waals surface area contributed by atoms with Gasteiger partial charge in [-0.05, 0) is 26.0 Å². The Morgan fingerprint density at radius 3 is 2.40 bits per heavy atom. The van der Waals surface area contributed by atoms with Gasteiger partial charge in [-0.2, -0.15) is 15.4 Å². The van der Waals surface area contributed by atoms with Crippen molar-refractivity contribution in [2.45, 2.75) is 13.8 Å². The molecule has 0 bridgehead atoms. The van der Waals surface area contributed by atoms with E-state index in [4.69, 9.17) is 0 Å². The maximum absolute atomic E-state index is 11.9. The molecule has 0 unspecified atom stereocenters. The lowest BCUT2D eigenvalue weighted by atomic mass is 10.0. The third-order valence-corrected chi connectivity index (χ3v) is 2.13. The van der Waals surface area contributed by atoms with Crippen LogP contribution < -0.4 is 0 Å². The second-order valence-corrected chi connectivity index (χ2v) is 3.56. The van der Waals surface area contributed by atoms with Crippen LogP contribution in [0.2, 0.25) is 0 Å². The molecule has 0 saturated carbocycles. The zero-order valence-corrected chi connectivity index (χ0v) is 8.61. The minimum Gasteiger partial charge on any atom is -0.287 e. The Morgan fingerprint density at radius 1 is 1.20 bits per heavy atom. The van der Waals surface area contributed by atoms with Gasteiger partial charge in [0.15, 0.2) is 5.69 Å². The average Bonchev–Trinajstić information content (AvgIpc) is 2.67. The number of ketones is 1. The van der Waals surface area contributed by atoms with E-state index >= 15 is 0 Å². The van der Waals surface area contributed by atoms with Crippen LogP contribution in [0.15, 0.2) is 24.4 Å². The number of hydrogen-bond acceptors (Lipinski definition) is 3. The van der Waals surface area contributed by atoms with Crippen LogP contribution in [-0.2, 0) is 0 Å². The first-order valence-electron chi connectivity index (χ1n) is 4.65. The van der Waals surface area contributed by atoms with Crippen LogP contribution in [0.5, 0.6) is 0 Å². The molecule has 0 spiro atoms. The number of rotatable bonds is 2. The molecule has 4 nitrogen and oxygen atoms in total. The predicted molar refractivity (Wildman–Crippen MR) is 55.7 cm³/mol. The van der Waals surface area contributed by atoms with E-state index in [0.29, 0.717) is 11.3 Å². The van der Waals surface area contributed by atoms with Crippen molar-refractivity contribution < 1.29 is 4.79 Å². The molecule has 0 amide bonds. The maximum Gasteiger partial charge on any atom is 0.214 e. The minimum atomic E-state index is -0.101. The summed E-state index contributed by atoms with van der Waals surface area (Å²) in [4.78, 5) is 11.9. The van der Waals surface area contributed by atoms with E-state index in [0.717, 1.165) is 11.1 Å². The molecule has 4 heteroatoms. The highest BCUT2D eigenvalue weighted by atomic mass is 16.1. The summed E-state index contributed by atoms with van der Waals surface area (Å²) in [5.74, 6) is -0.101. The van der Waals surface area contributed by atoms with Gasteiger partial charge in [0.05, 0.1) is 6.20 Å². The van der Waals surface area contributed by atoms with Crippen LogP contribution in [0.1, 0.15) is 27.2 Å². The van der Waals surface area contributed by atoms with Crippen molar-refractivity contribution >= 4 is 5.78 Å². The first kappa shape index (κ1) is 9.58. The molecule has 1 aromatic heterocycles. The SMILES string of the molecule is Cc1cc(C)cc(C(=O)c2cn[nH]n2)c1. The number of H-pyrrole nitrogens is 1. The number of benzene rings is 1. The van der Waals surface area contributed by atoms with Gasteiger partial charge in [-0.3, -0.25) is 4.79 Å². The van der Waals surface area contributed by atoms with Gasteiger partial charge in [-0.25, -0.2) is 0 Å². The molecular weight excluding hydrogens is 190 g/mol. The molecule has 1 aromatic carbocycles. The van der Waals surface area contributed by atoms with Gasteiger partial charge in [0.25, 0.3) is 0 Å². The summed E-state index contributed by atoms with van der Waals surface area (Å²) >= 11 is 0. The minimum absolute atomic E-state index is 0.101. The Bertz CT molecular complexity index is 468. The molecule has 0 aliphatic carbocycles. The molecule has 76 valence electrons. The molecule has 2 aromatic rings. The van der Waals surface area contributed by atoms with E-state index < -0.39 is 0 Å². The first-order valence-corrected chi connectivity index (χ1v) is 4.65. The van der Waals surface area contributed by atoms with Crippen LogP contribution in [0.4, 0.5) is 0 Å². The third-order valence-electron chi connectivity index (χ3n) is 2.13. The zero-order chi connectivity index (χ0) is 10.8. The van der Waals surface area contributed by atoms with Crippen molar-refractivity contribution in [3.8, 4) is 0 Å². The lowest BCUT2D eigenvalue weighted by molar-refractivity contribution is 0.103. The number of aromatic nitrogens is 3. The lowest BCUT2D eigenvalue weighted by Crippen LogP contribution is -2.02. The summed E-state index contributed by atoms with van der Waals surface area (Å²) < 4.78 is 0. The molecule has 0 atom stereocenters. The molecule has 0 fully saturated rings. The summed E-state index contributed by atoms with van der Waals surface area (Å²) in [6.07, 6.45) is 1.43. The fourth-order valence-corrected chi connectivity index (χ4v) is 1.56. The number of hydrogen-bond donors (Lipinski definition) is 1. The molecule has 0 aliphatic heterocycles. The Hall–Kier alpha value is -1.97. The molecular formula is C11H11N3O. The smallest absolute Gasteiger partial charge is 0.214 e. The fourth-order valence-electron chi connectivity index (χ4n) is 1.56. The van der Waals surface area contributed by atoms with E-state index in [1.165, 1.54) is 6.20 Å². The van der Waals surface area contributed by atoms with Crippen molar-refractivity contribution in [3.05, 3.63) is 46.8 Å². The Balaban J connectivity index is 2.42. The van der Waals surface area contributed by atoms with Crippen molar-refractivity contribution in [2.75, 3.05) is 0 Å². The largest absolute Gasteiger partial charge is 0.287 e. The molecule has 1 N–H and O–H groups in total. The normalized spacial score (nSPS) is 10.3. The summed E-state index contributed by atoms with van der Waals surface area (Å²) in [5.41, 5.74) is 3.14. The predicted octanol–water partition coefficient (Wildman–Crippen LogP) is 1.65. The van der Waals surface area contributed by atoms with Crippen LogP contribution in [0, 0.1) is 13.8 Å². The second kappa shape index (κ2) is 3.65. The number of carbonyl (C=O) groups is 1. The molecule has 2 rings (SSSR count). The molecule has 0 radical (unpaired) electrons. The Morgan fingerprint density at radius 2 is 1.87 bits per heavy atom. The van der Waals surface area contributed by atoms with E-state index in [1.807, 2.05) is 32.0 Å². The maximum atomic E-state index is 11.9. The van der Waals surface area contributed by atoms with Gasteiger partial charge >= 0.3 is 0 Å². The number of aryl methyl sites for hydroxylation is 2. The number of aromatic amines is 1. The van der Waals surface area contributed by atoms with Gasteiger partial charge < -0.3 is 0 Å². The monoisotopic (exact) mass is 201 g/mol. The highest BCUT2D eigenvalue weighted by Crippen LogP contribution is 2.12. The molecule has 0 aliphatic rings. The van der Waals surface area contributed by atoms with Crippen LogP contribution in [-0.4, -0.2) is 21.2 Å². The average molecular weight is 201 g/mol. The Labute approximate surface area is 87.3 Å². The van der Waals surface area contributed by atoms with Crippen molar-refractivity contribution in [1.29, 1.82) is 0 Å². The summed E-state index contributed by atoms with van der Waals surface area (Å²) in [6, 6.07) is 5.73. The third kappa shape index (κ3) is 1.93. The summed E-state index contributed by atoms with van der Waals surface area (Å²) in [6.45, 7) is 3.93. The number of nitrogens with one attached hydrogen (secondary N) is 1. The Kier molecular flexibility index (Phi) is 2.33. The van der Waals surface area contributed by atoms with Crippen molar-refractivity contribution in [3.63, 3.8) is 0 Å². The van der Waals surface area contributed by atoms with Gasteiger partial charge in [0.1, 0.15) is 0 Å². The van der Waals surface area contributed by atoms with E-state index in [9.17, 15) is 4.79 Å². The highest BCUT2D eigenvalue weighted by Gasteiger charge is 2.12.